The van der Waals surface area contributed by atoms with Crippen LogP contribution in [-0.4, -0.2) is 14.2 Å². The molecule has 0 spiro atoms. The van der Waals surface area contributed by atoms with Gasteiger partial charge in [-0.1, -0.05) is 28.1 Å². The van der Waals surface area contributed by atoms with Crippen LogP contribution in [0.3, 0.4) is 0 Å². The number of benzene rings is 1. The van der Waals surface area contributed by atoms with Crippen molar-refractivity contribution in [2.45, 2.75) is 11.8 Å². The molecule has 0 radical (unpaired) electrons. The van der Waals surface area contributed by atoms with Gasteiger partial charge >= 0.3 is 0 Å². The van der Waals surface area contributed by atoms with E-state index < -0.39 is 0 Å². The molecule has 2 aromatic rings. The third-order valence-electron chi connectivity index (χ3n) is 2.79. The minimum atomic E-state index is 0.191. The predicted molar refractivity (Wildman–Crippen MR) is 79.4 cm³/mol. The number of rotatable bonds is 4. The van der Waals surface area contributed by atoms with E-state index >= 15 is 0 Å². The van der Waals surface area contributed by atoms with Crippen LogP contribution in [0.15, 0.2) is 29.6 Å². The van der Waals surface area contributed by atoms with Gasteiger partial charge in [-0.25, -0.2) is 0 Å². The van der Waals surface area contributed by atoms with E-state index in [-0.39, 0.29) is 4.83 Å². The minimum Gasteiger partial charge on any atom is -0.496 e. The van der Waals surface area contributed by atoms with Crippen molar-refractivity contribution in [3.8, 4) is 11.5 Å². The Hall–Kier alpha value is -1.00. The number of halogens is 1. The van der Waals surface area contributed by atoms with Crippen LogP contribution in [0.4, 0.5) is 0 Å². The molecule has 0 amide bonds. The third-order valence-corrected chi connectivity index (χ3v) is 5.09. The third kappa shape index (κ3) is 2.70. The maximum atomic E-state index is 5.27. The summed E-state index contributed by atoms with van der Waals surface area (Å²) in [6.07, 6.45) is 0. The van der Waals surface area contributed by atoms with Gasteiger partial charge in [0.25, 0.3) is 0 Å². The molecule has 0 bridgehead atoms. The lowest BCUT2D eigenvalue weighted by Gasteiger charge is -2.11. The Balaban J connectivity index is 2.27. The van der Waals surface area contributed by atoms with Gasteiger partial charge in [-0.15, -0.1) is 11.3 Å². The number of aryl methyl sites for hydroxylation is 1. The zero-order valence-corrected chi connectivity index (χ0v) is 13.0. The largest absolute Gasteiger partial charge is 0.496 e. The van der Waals surface area contributed by atoms with Crippen LogP contribution in [0, 0.1) is 6.92 Å². The van der Waals surface area contributed by atoms with Gasteiger partial charge in [-0.2, -0.15) is 0 Å². The molecule has 2 nitrogen and oxygen atoms in total. The highest BCUT2D eigenvalue weighted by atomic mass is 79.9. The van der Waals surface area contributed by atoms with E-state index in [9.17, 15) is 0 Å². The monoisotopic (exact) mass is 326 g/mol. The van der Waals surface area contributed by atoms with E-state index in [0.717, 1.165) is 17.1 Å². The molecule has 1 heterocycles. The van der Waals surface area contributed by atoms with Crippen molar-refractivity contribution in [2.24, 2.45) is 0 Å². The van der Waals surface area contributed by atoms with Crippen molar-refractivity contribution in [3.63, 3.8) is 0 Å². The summed E-state index contributed by atoms with van der Waals surface area (Å²) in [4.78, 5) is 1.42. The van der Waals surface area contributed by atoms with E-state index in [2.05, 4.69) is 41.1 Å². The first-order chi connectivity index (χ1) is 8.65. The Bertz CT molecular complexity index is 536. The first-order valence-electron chi connectivity index (χ1n) is 5.56. The van der Waals surface area contributed by atoms with Gasteiger partial charge in [0.2, 0.25) is 0 Å². The summed E-state index contributed by atoms with van der Waals surface area (Å²) in [5.41, 5.74) is 2.36. The minimum absolute atomic E-state index is 0.191. The summed E-state index contributed by atoms with van der Waals surface area (Å²) in [6.45, 7) is 2.05. The topological polar surface area (TPSA) is 18.5 Å². The Morgan fingerprint density at radius 2 is 1.94 bits per heavy atom. The van der Waals surface area contributed by atoms with E-state index in [1.807, 2.05) is 11.4 Å². The Labute approximate surface area is 120 Å². The lowest BCUT2D eigenvalue weighted by Crippen LogP contribution is -1.93. The van der Waals surface area contributed by atoms with Crippen molar-refractivity contribution in [2.75, 3.05) is 14.2 Å². The molecular weight excluding hydrogens is 312 g/mol. The summed E-state index contributed by atoms with van der Waals surface area (Å²) in [7, 11) is 3.38. The standard InChI is InChI=1S/C14H15BrO2S/c1-9-6-10(4-5-12(9)17-3)14(15)13-7-11(16-2)8-18-13/h4-8,14H,1-3H3. The van der Waals surface area contributed by atoms with Gasteiger partial charge in [0.05, 0.1) is 19.0 Å². The highest BCUT2D eigenvalue weighted by Gasteiger charge is 2.14. The maximum absolute atomic E-state index is 5.27. The van der Waals surface area contributed by atoms with Gasteiger partial charge in [-0.05, 0) is 30.2 Å². The molecule has 0 saturated heterocycles. The summed E-state index contributed by atoms with van der Waals surface area (Å²) in [6, 6.07) is 8.29. The number of alkyl halides is 1. The van der Waals surface area contributed by atoms with E-state index in [4.69, 9.17) is 9.47 Å². The van der Waals surface area contributed by atoms with Gasteiger partial charge in [-0.3, -0.25) is 0 Å². The molecule has 2 rings (SSSR count). The second kappa shape index (κ2) is 5.76. The number of ether oxygens (including phenoxy) is 2. The maximum Gasteiger partial charge on any atom is 0.129 e. The molecule has 1 atom stereocenters. The van der Waals surface area contributed by atoms with Crippen molar-refractivity contribution < 1.29 is 9.47 Å². The van der Waals surface area contributed by atoms with Gasteiger partial charge in [0.1, 0.15) is 11.5 Å². The molecule has 4 heteroatoms. The van der Waals surface area contributed by atoms with Crippen LogP contribution in [0.1, 0.15) is 20.8 Å². The van der Waals surface area contributed by atoms with Crippen molar-refractivity contribution in [1.82, 2.24) is 0 Å². The molecular formula is C14H15BrO2S. The van der Waals surface area contributed by atoms with E-state index in [0.29, 0.717) is 0 Å². The lowest BCUT2D eigenvalue weighted by molar-refractivity contribution is 0.411. The smallest absolute Gasteiger partial charge is 0.129 e. The fourth-order valence-corrected chi connectivity index (χ4v) is 3.39. The number of thiophene rings is 1. The molecule has 1 unspecified atom stereocenters. The second-order valence-electron chi connectivity index (χ2n) is 3.98. The SMILES string of the molecule is COc1csc(C(Br)c2ccc(OC)c(C)c2)c1. The highest BCUT2D eigenvalue weighted by Crippen LogP contribution is 2.38. The quantitative estimate of drug-likeness (QED) is 0.767. The first kappa shape index (κ1) is 13.4. The first-order valence-corrected chi connectivity index (χ1v) is 7.36. The van der Waals surface area contributed by atoms with E-state index in [1.54, 1.807) is 25.6 Å². The van der Waals surface area contributed by atoms with Crippen LogP contribution in [0.5, 0.6) is 11.5 Å². The Morgan fingerprint density at radius 1 is 1.17 bits per heavy atom. The summed E-state index contributed by atoms with van der Waals surface area (Å²) in [5.74, 6) is 1.83. The van der Waals surface area contributed by atoms with Crippen molar-refractivity contribution >= 4 is 27.3 Å². The molecule has 0 aliphatic heterocycles. The number of hydrogen-bond acceptors (Lipinski definition) is 3. The number of methoxy groups -OCH3 is 2. The zero-order valence-electron chi connectivity index (χ0n) is 10.6. The molecule has 18 heavy (non-hydrogen) atoms. The zero-order chi connectivity index (χ0) is 13.1. The molecule has 0 fully saturated rings. The van der Waals surface area contributed by atoms with Gasteiger partial charge < -0.3 is 9.47 Å². The van der Waals surface area contributed by atoms with Crippen LogP contribution in [0.25, 0.3) is 0 Å². The summed E-state index contributed by atoms with van der Waals surface area (Å²) < 4.78 is 10.5. The summed E-state index contributed by atoms with van der Waals surface area (Å²) in [5, 5.41) is 2.01. The highest BCUT2D eigenvalue weighted by molar-refractivity contribution is 9.09. The van der Waals surface area contributed by atoms with E-state index in [1.165, 1.54) is 10.4 Å². The van der Waals surface area contributed by atoms with Gasteiger partial charge in [0, 0.05) is 10.3 Å². The average molecular weight is 327 g/mol. The van der Waals surface area contributed by atoms with Crippen LogP contribution < -0.4 is 9.47 Å². The fourth-order valence-electron chi connectivity index (χ4n) is 1.80. The fraction of sp³-hybridized carbons (Fsp3) is 0.286. The average Bonchev–Trinajstić information content (AvgIpc) is 2.86. The van der Waals surface area contributed by atoms with Crippen LogP contribution >= 0.6 is 27.3 Å². The molecule has 0 aliphatic rings. The molecule has 0 saturated carbocycles. The molecule has 1 aromatic carbocycles. The molecule has 0 aliphatic carbocycles. The Kier molecular flexibility index (Phi) is 4.30. The van der Waals surface area contributed by atoms with Crippen LogP contribution in [-0.2, 0) is 0 Å². The number of hydrogen-bond donors (Lipinski definition) is 0. The summed E-state index contributed by atoms with van der Waals surface area (Å²) >= 11 is 5.42. The predicted octanol–water partition coefficient (Wildman–Crippen LogP) is 4.56. The lowest BCUT2D eigenvalue weighted by atomic mass is 10.1. The Morgan fingerprint density at radius 3 is 2.50 bits per heavy atom. The van der Waals surface area contributed by atoms with Crippen LogP contribution in [0.2, 0.25) is 0 Å². The normalized spacial score (nSPS) is 12.2. The van der Waals surface area contributed by atoms with Crippen molar-refractivity contribution in [3.05, 3.63) is 45.6 Å². The molecule has 0 N–H and O–H groups in total. The second-order valence-corrected chi connectivity index (χ2v) is 5.84. The van der Waals surface area contributed by atoms with Crippen molar-refractivity contribution in [1.29, 1.82) is 0 Å². The van der Waals surface area contributed by atoms with Gasteiger partial charge in [0.15, 0.2) is 0 Å². The molecule has 1 aromatic heterocycles. The molecule has 96 valence electrons.